The third-order valence-electron chi connectivity index (χ3n) is 5.34. The van der Waals surface area contributed by atoms with Crippen LogP contribution in [0.4, 0.5) is 4.79 Å². The largest absolute Gasteiger partial charge is 0.489 e. The Morgan fingerprint density at radius 3 is 2.70 bits per heavy atom. The number of carbonyl (C=O) groups is 2. The molecule has 1 aliphatic heterocycles. The van der Waals surface area contributed by atoms with Crippen molar-refractivity contribution in [1.82, 2.24) is 10.6 Å². The van der Waals surface area contributed by atoms with Crippen LogP contribution in [0.1, 0.15) is 36.6 Å². The van der Waals surface area contributed by atoms with Gasteiger partial charge in [-0.15, -0.1) is 0 Å². The first kappa shape index (κ1) is 22.1. The molecule has 0 saturated carbocycles. The molecule has 0 aliphatic carbocycles. The molecule has 1 aromatic heterocycles. The first-order valence-electron chi connectivity index (χ1n) is 10.6. The molecule has 4 rings (SSSR count). The summed E-state index contributed by atoms with van der Waals surface area (Å²) in [5.74, 6) is 0.0197. The van der Waals surface area contributed by atoms with E-state index in [0.717, 1.165) is 10.9 Å². The lowest BCUT2D eigenvalue weighted by Gasteiger charge is -2.28. The van der Waals surface area contributed by atoms with Crippen molar-refractivity contribution < 1.29 is 23.5 Å². The number of urea groups is 1. The lowest BCUT2D eigenvalue weighted by molar-refractivity contribution is -0.139. The van der Waals surface area contributed by atoms with Crippen LogP contribution in [0.5, 0.6) is 5.75 Å². The van der Waals surface area contributed by atoms with Crippen molar-refractivity contribution in [2.24, 2.45) is 0 Å². The van der Waals surface area contributed by atoms with E-state index in [9.17, 15) is 14.4 Å². The van der Waals surface area contributed by atoms with Gasteiger partial charge in [-0.05, 0) is 50.1 Å². The van der Waals surface area contributed by atoms with E-state index in [1.165, 1.54) is 6.07 Å². The van der Waals surface area contributed by atoms with Crippen molar-refractivity contribution in [3.05, 3.63) is 86.9 Å². The van der Waals surface area contributed by atoms with Gasteiger partial charge in [0.25, 0.3) is 0 Å². The van der Waals surface area contributed by atoms with Gasteiger partial charge in [-0.2, -0.15) is 0 Å². The van der Waals surface area contributed by atoms with E-state index in [1.54, 1.807) is 38.1 Å². The molecule has 33 heavy (non-hydrogen) atoms. The van der Waals surface area contributed by atoms with Gasteiger partial charge in [-0.25, -0.2) is 14.4 Å². The molecule has 0 saturated heterocycles. The fraction of sp³-hybridized carbons (Fsp3) is 0.240. The van der Waals surface area contributed by atoms with Gasteiger partial charge >= 0.3 is 17.6 Å². The molecule has 0 bridgehead atoms. The van der Waals surface area contributed by atoms with Crippen molar-refractivity contribution in [1.29, 1.82) is 0 Å². The minimum absolute atomic E-state index is 0.146. The number of amides is 2. The molecule has 2 aromatic carbocycles. The number of carbonyl (C=O) groups excluding carboxylic acids is 2. The van der Waals surface area contributed by atoms with Gasteiger partial charge in [0.1, 0.15) is 17.9 Å². The van der Waals surface area contributed by atoms with Crippen LogP contribution in [-0.2, 0) is 16.1 Å². The topological polar surface area (TPSA) is 107 Å². The normalized spacial score (nSPS) is 15.7. The van der Waals surface area contributed by atoms with Crippen LogP contribution in [0, 0.1) is 6.92 Å². The molecule has 170 valence electrons. The highest BCUT2D eigenvalue weighted by atomic mass is 16.5. The third kappa shape index (κ3) is 4.74. The number of ether oxygens (including phenoxy) is 2. The maximum absolute atomic E-state index is 12.5. The number of hydrogen-bond donors (Lipinski definition) is 2. The zero-order valence-electron chi connectivity index (χ0n) is 18.6. The van der Waals surface area contributed by atoms with E-state index in [2.05, 4.69) is 10.6 Å². The summed E-state index contributed by atoms with van der Waals surface area (Å²) in [7, 11) is 0. The van der Waals surface area contributed by atoms with Crippen molar-refractivity contribution in [3.63, 3.8) is 0 Å². The minimum Gasteiger partial charge on any atom is -0.489 e. The lowest BCUT2D eigenvalue weighted by atomic mass is 9.95. The summed E-state index contributed by atoms with van der Waals surface area (Å²) in [5.41, 5.74) is 3.18. The van der Waals surface area contributed by atoms with Crippen molar-refractivity contribution in [2.75, 3.05) is 6.61 Å². The fourth-order valence-electron chi connectivity index (χ4n) is 3.82. The summed E-state index contributed by atoms with van der Waals surface area (Å²) in [6, 6.07) is 13.1. The molecular formula is C25H24N2O6. The first-order chi connectivity index (χ1) is 15.9. The van der Waals surface area contributed by atoms with E-state index in [0.29, 0.717) is 33.7 Å². The molecule has 8 heteroatoms. The fourth-order valence-corrected chi connectivity index (χ4v) is 3.82. The smallest absolute Gasteiger partial charge is 0.338 e. The molecule has 3 aromatic rings. The van der Waals surface area contributed by atoms with Gasteiger partial charge in [-0.3, -0.25) is 0 Å². The number of nitrogens with one attached hydrogen (secondary N) is 2. The number of benzene rings is 2. The summed E-state index contributed by atoms with van der Waals surface area (Å²) >= 11 is 0. The summed E-state index contributed by atoms with van der Waals surface area (Å²) in [4.78, 5) is 36.6. The highest BCUT2D eigenvalue weighted by Gasteiger charge is 2.32. The first-order valence-corrected chi connectivity index (χ1v) is 10.6. The Kier molecular flexibility index (Phi) is 6.17. The van der Waals surface area contributed by atoms with Crippen molar-refractivity contribution >= 4 is 23.0 Å². The van der Waals surface area contributed by atoms with Gasteiger partial charge in [0.15, 0.2) is 0 Å². The van der Waals surface area contributed by atoms with Gasteiger partial charge in [-0.1, -0.05) is 24.3 Å². The van der Waals surface area contributed by atoms with Crippen LogP contribution in [-0.4, -0.2) is 18.6 Å². The second kappa shape index (κ2) is 9.20. The van der Waals surface area contributed by atoms with Gasteiger partial charge < -0.3 is 24.5 Å². The van der Waals surface area contributed by atoms with Crippen LogP contribution >= 0.6 is 0 Å². The SMILES string of the molecule is CCOC(=O)C1=C(C)NC(=O)NC1c1cccc(OCc2cc(=O)oc3cc(C)ccc23)c1. The predicted molar refractivity (Wildman–Crippen MR) is 122 cm³/mol. The molecule has 0 radical (unpaired) electrons. The van der Waals surface area contributed by atoms with Gasteiger partial charge in [0.2, 0.25) is 0 Å². The van der Waals surface area contributed by atoms with E-state index in [4.69, 9.17) is 13.9 Å². The second-order valence-corrected chi connectivity index (χ2v) is 7.74. The Bertz CT molecular complexity index is 1320. The Morgan fingerprint density at radius 2 is 1.91 bits per heavy atom. The highest BCUT2D eigenvalue weighted by Crippen LogP contribution is 2.30. The Morgan fingerprint density at radius 1 is 1.09 bits per heavy atom. The van der Waals surface area contributed by atoms with E-state index in [-0.39, 0.29) is 13.2 Å². The molecule has 1 unspecified atom stereocenters. The number of allylic oxidation sites excluding steroid dienone is 1. The molecule has 0 spiro atoms. The molecule has 1 aliphatic rings. The number of fused-ring (bicyclic) bond motifs is 1. The van der Waals surface area contributed by atoms with Crippen LogP contribution in [0.3, 0.4) is 0 Å². The molecular weight excluding hydrogens is 424 g/mol. The van der Waals surface area contributed by atoms with Crippen LogP contribution in [0.2, 0.25) is 0 Å². The number of rotatable bonds is 6. The van der Waals surface area contributed by atoms with Crippen molar-refractivity contribution in [2.45, 2.75) is 33.4 Å². The molecule has 8 nitrogen and oxygen atoms in total. The zero-order chi connectivity index (χ0) is 23.5. The molecule has 1 atom stereocenters. The number of esters is 1. The Labute approximate surface area is 190 Å². The standard InChI is InChI=1S/C25H24N2O6/c1-4-31-24(29)22-15(3)26-25(30)27-23(22)16-6-5-7-18(11-16)32-13-17-12-21(28)33-20-10-14(2)8-9-19(17)20/h5-12,23H,4,13H2,1-3H3,(H2,26,27,30). The molecule has 2 heterocycles. The number of aryl methyl sites for hydroxylation is 1. The molecule has 2 amide bonds. The van der Waals surface area contributed by atoms with Crippen molar-refractivity contribution in [3.8, 4) is 5.75 Å². The Balaban J connectivity index is 1.62. The van der Waals surface area contributed by atoms with Gasteiger partial charge in [0.05, 0.1) is 18.2 Å². The average Bonchev–Trinajstić information content (AvgIpc) is 2.76. The average molecular weight is 448 g/mol. The molecule has 2 N–H and O–H groups in total. The minimum atomic E-state index is -0.686. The maximum atomic E-state index is 12.5. The van der Waals surface area contributed by atoms with E-state index in [1.807, 2.05) is 25.1 Å². The van der Waals surface area contributed by atoms with E-state index >= 15 is 0 Å². The quantitative estimate of drug-likeness (QED) is 0.438. The summed E-state index contributed by atoms with van der Waals surface area (Å²) in [6.45, 7) is 5.67. The number of hydrogen-bond acceptors (Lipinski definition) is 6. The van der Waals surface area contributed by atoms with Gasteiger partial charge in [0, 0.05) is 22.7 Å². The van der Waals surface area contributed by atoms with E-state index < -0.39 is 23.7 Å². The second-order valence-electron chi connectivity index (χ2n) is 7.74. The highest BCUT2D eigenvalue weighted by molar-refractivity contribution is 5.95. The zero-order valence-corrected chi connectivity index (χ0v) is 18.6. The van der Waals surface area contributed by atoms with Crippen LogP contribution < -0.4 is 21.0 Å². The summed E-state index contributed by atoms with van der Waals surface area (Å²) < 4.78 is 16.5. The van der Waals surface area contributed by atoms with Crippen LogP contribution in [0.15, 0.2) is 69.0 Å². The third-order valence-corrected chi connectivity index (χ3v) is 5.34. The summed E-state index contributed by atoms with van der Waals surface area (Å²) in [5, 5.41) is 6.18. The maximum Gasteiger partial charge on any atom is 0.338 e. The lowest BCUT2D eigenvalue weighted by Crippen LogP contribution is -2.45. The monoisotopic (exact) mass is 448 g/mol. The van der Waals surface area contributed by atoms with Crippen LogP contribution in [0.25, 0.3) is 11.0 Å². The summed E-state index contributed by atoms with van der Waals surface area (Å²) in [6.07, 6.45) is 0. The predicted octanol–water partition coefficient (Wildman–Crippen LogP) is 3.87. The molecule has 0 fully saturated rings. The Hall–Kier alpha value is -4.07.